The minimum absolute atomic E-state index is 0.0918. The zero-order valence-electron chi connectivity index (χ0n) is 11.7. The molecule has 20 heavy (non-hydrogen) atoms. The normalized spacial score (nSPS) is 28.6. The molecule has 2 N–H and O–H groups in total. The van der Waals surface area contributed by atoms with Crippen LogP contribution >= 0.6 is 11.8 Å². The third-order valence-electron chi connectivity index (χ3n) is 4.21. The molecule has 2 atom stereocenters. The molecule has 1 aromatic rings. The summed E-state index contributed by atoms with van der Waals surface area (Å²) in [5.41, 5.74) is -0.0918. The number of aliphatic hydroxyl groups is 1. The van der Waals surface area contributed by atoms with E-state index in [0.717, 1.165) is 30.8 Å². The number of rotatable bonds is 4. The van der Waals surface area contributed by atoms with Crippen LogP contribution in [0.5, 0.6) is 11.5 Å². The minimum Gasteiger partial charge on any atom is -0.486 e. The Balaban J connectivity index is 1.67. The van der Waals surface area contributed by atoms with Crippen LogP contribution in [0.2, 0.25) is 0 Å². The van der Waals surface area contributed by atoms with Gasteiger partial charge in [0.15, 0.2) is 11.5 Å². The predicted molar refractivity (Wildman–Crippen MR) is 79.8 cm³/mol. The topological polar surface area (TPSA) is 50.7 Å². The average Bonchev–Trinajstić information content (AvgIpc) is 2.91. The van der Waals surface area contributed by atoms with Gasteiger partial charge in [0.2, 0.25) is 0 Å². The lowest BCUT2D eigenvalue weighted by Crippen LogP contribution is -2.44. The van der Waals surface area contributed by atoms with E-state index in [9.17, 15) is 5.11 Å². The Morgan fingerprint density at radius 1 is 1.35 bits per heavy atom. The highest BCUT2D eigenvalue weighted by Gasteiger charge is 2.37. The molecule has 5 heteroatoms. The first-order valence-corrected chi connectivity index (χ1v) is 7.99. The van der Waals surface area contributed by atoms with Crippen molar-refractivity contribution in [3.8, 4) is 11.5 Å². The van der Waals surface area contributed by atoms with Crippen LogP contribution in [-0.2, 0) is 0 Å². The largest absolute Gasteiger partial charge is 0.486 e. The summed E-state index contributed by atoms with van der Waals surface area (Å²) in [5, 5.41) is 13.4. The van der Waals surface area contributed by atoms with Gasteiger partial charge in [0.25, 0.3) is 0 Å². The number of ether oxygens (including phenoxy) is 2. The lowest BCUT2D eigenvalue weighted by molar-refractivity contribution is 0.171. The second-order valence-corrected chi connectivity index (χ2v) is 6.85. The highest BCUT2D eigenvalue weighted by Crippen LogP contribution is 2.42. The lowest BCUT2D eigenvalue weighted by Gasteiger charge is -2.26. The van der Waals surface area contributed by atoms with Crippen molar-refractivity contribution in [1.29, 1.82) is 0 Å². The second-order valence-electron chi connectivity index (χ2n) is 5.48. The van der Waals surface area contributed by atoms with Gasteiger partial charge in [-0.25, -0.2) is 0 Å². The molecule has 0 spiro atoms. The molecular formula is C15H21NO3S. The van der Waals surface area contributed by atoms with Crippen molar-refractivity contribution in [3.63, 3.8) is 0 Å². The first-order valence-electron chi connectivity index (χ1n) is 7.11. The molecule has 1 saturated carbocycles. The van der Waals surface area contributed by atoms with Crippen molar-refractivity contribution < 1.29 is 14.6 Å². The minimum atomic E-state index is -0.0918. The van der Waals surface area contributed by atoms with E-state index in [1.54, 1.807) is 0 Å². The Kier molecular flexibility index (Phi) is 4.10. The Hall–Kier alpha value is -0.910. The summed E-state index contributed by atoms with van der Waals surface area (Å²) in [4.78, 5) is 1.21. The van der Waals surface area contributed by atoms with Crippen molar-refractivity contribution in [2.24, 2.45) is 0 Å². The quantitative estimate of drug-likeness (QED) is 0.890. The van der Waals surface area contributed by atoms with Crippen LogP contribution in [0.15, 0.2) is 23.1 Å². The summed E-state index contributed by atoms with van der Waals surface area (Å²) >= 11 is 1.87. The van der Waals surface area contributed by atoms with Gasteiger partial charge in [0.05, 0.1) is 6.61 Å². The summed E-state index contributed by atoms with van der Waals surface area (Å²) in [6, 6.07) is 6.15. The molecule has 3 rings (SSSR count). The fourth-order valence-electron chi connectivity index (χ4n) is 2.92. The van der Waals surface area contributed by atoms with Gasteiger partial charge in [-0.2, -0.15) is 0 Å². The van der Waals surface area contributed by atoms with Gasteiger partial charge in [-0.3, -0.25) is 0 Å². The van der Waals surface area contributed by atoms with Crippen molar-refractivity contribution in [1.82, 2.24) is 5.32 Å². The van der Waals surface area contributed by atoms with Gasteiger partial charge in [0, 0.05) is 15.7 Å². The standard InChI is InChI=1S/C15H21NO3S/c1-16-15(10-17)5-4-12(9-15)20-11-2-3-13-14(8-11)19-7-6-18-13/h2-3,8,12,16-17H,4-7,9-10H2,1H3. The zero-order chi connectivity index (χ0) is 14.0. The van der Waals surface area contributed by atoms with E-state index in [-0.39, 0.29) is 12.1 Å². The molecule has 1 aromatic carbocycles. The highest BCUT2D eigenvalue weighted by molar-refractivity contribution is 8.00. The van der Waals surface area contributed by atoms with Gasteiger partial charge in [-0.05, 0) is 44.5 Å². The van der Waals surface area contributed by atoms with Crippen LogP contribution in [0.3, 0.4) is 0 Å². The number of aliphatic hydroxyl groups excluding tert-OH is 1. The third-order valence-corrected chi connectivity index (χ3v) is 5.47. The molecule has 1 aliphatic heterocycles. The van der Waals surface area contributed by atoms with Crippen LogP contribution in [0.4, 0.5) is 0 Å². The summed E-state index contributed by atoms with van der Waals surface area (Å²) < 4.78 is 11.2. The summed E-state index contributed by atoms with van der Waals surface area (Å²) in [6.07, 6.45) is 3.15. The summed E-state index contributed by atoms with van der Waals surface area (Å²) in [5.74, 6) is 1.69. The molecule has 2 unspecified atom stereocenters. The van der Waals surface area contributed by atoms with E-state index in [0.29, 0.717) is 18.5 Å². The fourth-order valence-corrected chi connectivity index (χ4v) is 4.26. The maximum absolute atomic E-state index is 9.55. The maximum Gasteiger partial charge on any atom is 0.162 e. The molecule has 0 radical (unpaired) electrons. The lowest BCUT2D eigenvalue weighted by atomic mass is 10.00. The Morgan fingerprint density at radius 3 is 2.85 bits per heavy atom. The fraction of sp³-hybridized carbons (Fsp3) is 0.600. The number of hydrogen-bond acceptors (Lipinski definition) is 5. The van der Waals surface area contributed by atoms with Crippen molar-refractivity contribution in [2.75, 3.05) is 26.9 Å². The molecule has 1 fully saturated rings. The van der Waals surface area contributed by atoms with Gasteiger partial charge in [0.1, 0.15) is 13.2 Å². The molecular weight excluding hydrogens is 274 g/mol. The smallest absolute Gasteiger partial charge is 0.162 e. The molecule has 0 aromatic heterocycles. The van der Waals surface area contributed by atoms with Crippen molar-refractivity contribution >= 4 is 11.8 Å². The van der Waals surface area contributed by atoms with Gasteiger partial charge >= 0.3 is 0 Å². The van der Waals surface area contributed by atoms with Gasteiger partial charge < -0.3 is 19.9 Å². The van der Waals surface area contributed by atoms with E-state index in [1.165, 1.54) is 4.90 Å². The van der Waals surface area contributed by atoms with Crippen molar-refractivity contribution in [3.05, 3.63) is 18.2 Å². The summed E-state index contributed by atoms with van der Waals surface area (Å²) in [7, 11) is 1.94. The van der Waals surface area contributed by atoms with E-state index < -0.39 is 0 Å². The molecule has 1 heterocycles. The number of likely N-dealkylation sites (N-methyl/N-ethyl adjacent to an activating group) is 1. The molecule has 4 nitrogen and oxygen atoms in total. The Morgan fingerprint density at radius 2 is 2.15 bits per heavy atom. The van der Waals surface area contributed by atoms with Crippen LogP contribution in [0.1, 0.15) is 19.3 Å². The van der Waals surface area contributed by atoms with Gasteiger partial charge in [-0.1, -0.05) is 0 Å². The van der Waals surface area contributed by atoms with E-state index in [4.69, 9.17) is 9.47 Å². The average molecular weight is 295 g/mol. The van der Waals surface area contributed by atoms with E-state index in [1.807, 2.05) is 24.9 Å². The maximum atomic E-state index is 9.55. The molecule has 0 bridgehead atoms. The predicted octanol–water partition coefficient (Wildman–Crippen LogP) is 2.05. The number of thioether (sulfide) groups is 1. The molecule has 0 saturated heterocycles. The van der Waals surface area contributed by atoms with E-state index >= 15 is 0 Å². The Bertz CT molecular complexity index is 476. The molecule has 2 aliphatic rings. The highest BCUT2D eigenvalue weighted by atomic mass is 32.2. The first kappa shape index (κ1) is 14.0. The number of fused-ring (bicyclic) bond motifs is 1. The Labute approximate surface area is 123 Å². The van der Waals surface area contributed by atoms with E-state index in [2.05, 4.69) is 17.4 Å². The summed E-state index contributed by atoms with van der Waals surface area (Å²) in [6.45, 7) is 1.46. The number of hydrogen-bond donors (Lipinski definition) is 2. The number of nitrogens with one attached hydrogen (secondary N) is 1. The van der Waals surface area contributed by atoms with Crippen LogP contribution in [-0.4, -0.2) is 42.8 Å². The molecule has 110 valence electrons. The molecule has 0 amide bonds. The zero-order valence-corrected chi connectivity index (χ0v) is 12.5. The monoisotopic (exact) mass is 295 g/mol. The van der Waals surface area contributed by atoms with Crippen LogP contribution in [0.25, 0.3) is 0 Å². The second kappa shape index (κ2) is 5.84. The molecule has 1 aliphatic carbocycles. The SMILES string of the molecule is CNC1(CO)CCC(Sc2ccc3c(c2)OCCO3)C1. The first-order chi connectivity index (χ1) is 9.74. The van der Waals surface area contributed by atoms with Gasteiger partial charge in [-0.15, -0.1) is 11.8 Å². The third kappa shape index (κ3) is 2.75. The van der Waals surface area contributed by atoms with Crippen molar-refractivity contribution in [2.45, 2.75) is 34.9 Å². The van der Waals surface area contributed by atoms with Crippen LogP contribution in [0, 0.1) is 0 Å². The van der Waals surface area contributed by atoms with Crippen LogP contribution < -0.4 is 14.8 Å². The number of benzene rings is 1.